The fourth-order valence-electron chi connectivity index (χ4n) is 3.46. The molecule has 1 fully saturated rings. The van der Waals surface area contributed by atoms with E-state index in [0.717, 1.165) is 24.2 Å². The maximum Gasteiger partial charge on any atom is 0.280 e. The second-order valence-electron chi connectivity index (χ2n) is 7.98. The third-order valence-corrected chi connectivity index (χ3v) is 6.21. The third kappa shape index (κ3) is 4.92. The molecule has 5 rings (SSSR count). The van der Waals surface area contributed by atoms with Crippen LogP contribution in [0.5, 0.6) is 5.75 Å². The highest BCUT2D eigenvalue weighted by atomic mass is 32.1. The summed E-state index contributed by atoms with van der Waals surface area (Å²) in [6.45, 7) is 0. The van der Waals surface area contributed by atoms with Gasteiger partial charge in [-0.3, -0.25) is 24.8 Å². The summed E-state index contributed by atoms with van der Waals surface area (Å²) in [7, 11) is 3.15. The fraction of sp³-hybridized carbons (Fsp3) is 0.250. The quantitative estimate of drug-likeness (QED) is 0.387. The molecule has 36 heavy (non-hydrogen) atoms. The second-order valence-corrected chi connectivity index (χ2v) is 8.95. The lowest BCUT2D eigenvalue weighted by Crippen LogP contribution is -2.14. The Morgan fingerprint density at radius 2 is 2.06 bits per heavy atom. The van der Waals surface area contributed by atoms with Crippen molar-refractivity contribution in [3.05, 3.63) is 53.1 Å². The number of hydrogen-bond acceptors (Lipinski definition) is 8. The largest absolute Gasteiger partial charge is 0.494 e. The van der Waals surface area contributed by atoms with Crippen molar-refractivity contribution in [2.75, 3.05) is 12.4 Å². The van der Waals surface area contributed by atoms with Crippen LogP contribution < -0.4 is 10.1 Å². The highest BCUT2D eigenvalue weighted by molar-refractivity contribution is 7.15. The van der Waals surface area contributed by atoms with Gasteiger partial charge in [0.1, 0.15) is 11.4 Å². The number of aryl methyl sites for hydroxylation is 1. The molecular weight excluding hydrogens is 488 g/mol. The van der Waals surface area contributed by atoms with E-state index in [-0.39, 0.29) is 22.0 Å². The molecule has 4 heterocycles. The molecule has 0 aliphatic heterocycles. The minimum absolute atomic E-state index is 0.131. The van der Waals surface area contributed by atoms with Crippen LogP contribution in [0, 0.1) is 17.8 Å². The van der Waals surface area contributed by atoms with Gasteiger partial charge in [-0.25, -0.2) is 8.78 Å². The minimum atomic E-state index is -2.80. The monoisotopic (exact) mass is 507 g/mol. The van der Waals surface area contributed by atoms with E-state index in [2.05, 4.69) is 42.4 Å². The van der Waals surface area contributed by atoms with E-state index in [1.165, 1.54) is 25.6 Å². The number of rotatable bonds is 6. The van der Waals surface area contributed by atoms with Gasteiger partial charge in [-0.15, -0.1) is 10.2 Å². The Morgan fingerprint density at radius 3 is 2.75 bits per heavy atom. The number of nitrogens with one attached hydrogen (secondary N) is 1. The van der Waals surface area contributed by atoms with Crippen LogP contribution in [0.15, 0.2) is 36.8 Å². The molecular formula is C24H19F2N7O2S. The standard InChI is InChI=1S/C24H19F2N7O2S/c1-33-19(7-8-29-33)17-9-14(15-10-18(22(25)26)28-12-20(15)35-2)16(11-27-17)23(34)30-24-32-31-21(36-24)6-5-13-3-4-13/h7-13,22H,3-4H2,1-2H3,(H,30,32,34). The van der Waals surface area contributed by atoms with Crippen molar-refractivity contribution in [3.63, 3.8) is 0 Å². The maximum atomic E-state index is 13.5. The average Bonchev–Trinajstić information content (AvgIpc) is 3.45. The van der Waals surface area contributed by atoms with Crippen LogP contribution in [0.4, 0.5) is 13.9 Å². The first-order valence-corrected chi connectivity index (χ1v) is 11.7. The van der Waals surface area contributed by atoms with Crippen molar-refractivity contribution in [2.45, 2.75) is 19.3 Å². The van der Waals surface area contributed by atoms with Crippen molar-refractivity contribution in [3.8, 4) is 40.1 Å². The second kappa shape index (κ2) is 9.79. The number of anilines is 1. The number of nitrogens with zero attached hydrogens (tertiary/aromatic N) is 6. The number of hydrogen-bond donors (Lipinski definition) is 1. The van der Waals surface area contributed by atoms with E-state index in [1.807, 2.05) is 0 Å². The number of alkyl halides is 2. The van der Waals surface area contributed by atoms with Gasteiger partial charge < -0.3 is 4.74 Å². The number of halogens is 2. The average molecular weight is 508 g/mol. The van der Waals surface area contributed by atoms with E-state index < -0.39 is 18.0 Å². The van der Waals surface area contributed by atoms with Gasteiger partial charge in [-0.1, -0.05) is 17.3 Å². The highest BCUT2D eigenvalue weighted by Gasteiger charge is 2.22. The third-order valence-electron chi connectivity index (χ3n) is 5.46. The van der Waals surface area contributed by atoms with Gasteiger partial charge in [-0.2, -0.15) is 5.10 Å². The summed E-state index contributed by atoms with van der Waals surface area (Å²) in [4.78, 5) is 21.5. The maximum absolute atomic E-state index is 13.5. The molecule has 12 heteroatoms. The summed E-state index contributed by atoms with van der Waals surface area (Å²) >= 11 is 1.15. The molecule has 1 aliphatic rings. The Kier molecular flexibility index (Phi) is 6.39. The topological polar surface area (TPSA) is 108 Å². The Hall–Kier alpha value is -4.24. The molecule has 182 valence electrons. The number of carbonyl (C=O) groups excluding carboxylic acids is 1. The molecule has 9 nitrogen and oxygen atoms in total. The molecule has 1 amide bonds. The lowest BCUT2D eigenvalue weighted by atomic mass is 9.98. The molecule has 1 N–H and O–H groups in total. The molecule has 4 aromatic rings. The van der Waals surface area contributed by atoms with Crippen LogP contribution in [0.25, 0.3) is 22.5 Å². The summed E-state index contributed by atoms with van der Waals surface area (Å²) in [5, 5.41) is 15.6. The van der Waals surface area contributed by atoms with Gasteiger partial charge in [0, 0.05) is 36.5 Å². The summed E-state index contributed by atoms with van der Waals surface area (Å²) in [6, 6.07) is 4.59. The predicted molar refractivity (Wildman–Crippen MR) is 129 cm³/mol. The number of carbonyl (C=O) groups is 1. The SMILES string of the molecule is COc1cnc(C(F)F)cc1-c1cc(-c2ccnn2C)ncc1C(=O)Nc1nnc(C#CC2CC2)s1. The zero-order chi connectivity index (χ0) is 25.2. The molecule has 0 aromatic carbocycles. The fourth-order valence-corrected chi connectivity index (χ4v) is 4.06. The first-order chi connectivity index (χ1) is 17.4. The molecule has 1 aliphatic carbocycles. The molecule has 4 aromatic heterocycles. The van der Waals surface area contributed by atoms with Crippen molar-refractivity contribution < 1.29 is 18.3 Å². The van der Waals surface area contributed by atoms with Crippen LogP contribution >= 0.6 is 11.3 Å². The minimum Gasteiger partial charge on any atom is -0.494 e. The van der Waals surface area contributed by atoms with E-state index in [9.17, 15) is 13.6 Å². The van der Waals surface area contributed by atoms with Gasteiger partial charge >= 0.3 is 0 Å². The first kappa shape index (κ1) is 23.5. The Bertz CT molecular complexity index is 1500. The normalized spacial score (nSPS) is 12.8. The lowest BCUT2D eigenvalue weighted by Gasteiger charge is -2.15. The van der Waals surface area contributed by atoms with E-state index in [4.69, 9.17) is 4.74 Å². The van der Waals surface area contributed by atoms with Gasteiger partial charge in [0.05, 0.1) is 30.3 Å². The molecule has 0 atom stereocenters. The van der Waals surface area contributed by atoms with Gasteiger partial charge in [-0.05, 0) is 37.0 Å². The molecule has 0 radical (unpaired) electrons. The highest BCUT2D eigenvalue weighted by Crippen LogP contribution is 2.36. The van der Waals surface area contributed by atoms with E-state index in [0.29, 0.717) is 27.9 Å². The molecule has 0 bridgehead atoms. The van der Waals surface area contributed by atoms with Crippen LogP contribution in [0.3, 0.4) is 0 Å². The van der Waals surface area contributed by atoms with Crippen LogP contribution in [0.2, 0.25) is 0 Å². The molecule has 0 saturated heterocycles. The number of aromatic nitrogens is 6. The Balaban J connectivity index is 1.56. The zero-order valence-electron chi connectivity index (χ0n) is 19.2. The summed E-state index contributed by atoms with van der Waals surface area (Å²) in [6.07, 6.45) is 3.57. The number of ether oxygens (including phenoxy) is 1. The number of amides is 1. The Morgan fingerprint density at radius 1 is 1.22 bits per heavy atom. The van der Waals surface area contributed by atoms with Crippen LogP contribution in [-0.2, 0) is 7.05 Å². The summed E-state index contributed by atoms with van der Waals surface area (Å²) in [5.74, 6) is 6.16. The predicted octanol–water partition coefficient (Wildman–Crippen LogP) is 4.36. The smallest absolute Gasteiger partial charge is 0.280 e. The van der Waals surface area contributed by atoms with Crippen molar-refractivity contribution in [1.29, 1.82) is 0 Å². The van der Waals surface area contributed by atoms with Gasteiger partial charge in [0.15, 0.2) is 5.01 Å². The van der Waals surface area contributed by atoms with Crippen LogP contribution in [-0.4, -0.2) is 43.0 Å². The summed E-state index contributed by atoms with van der Waals surface area (Å²) in [5.41, 5.74) is 1.46. The molecule has 0 spiro atoms. The lowest BCUT2D eigenvalue weighted by molar-refractivity contribution is 0.102. The van der Waals surface area contributed by atoms with E-state index >= 15 is 0 Å². The Labute approximate surface area is 208 Å². The summed E-state index contributed by atoms with van der Waals surface area (Å²) < 4.78 is 34.0. The van der Waals surface area contributed by atoms with Gasteiger partial charge in [0.2, 0.25) is 5.13 Å². The first-order valence-electron chi connectivity index (χ1n) is 10.9. The van der Waals surface area contributed by atoms with Gasteiger partial charge in [0.25, 0.3) is 12.3 Å². The van der Waals surface area contributed by atoms with Crippen molar-refractivity contribution in [2.24, 2.45) is 13.0 Å². The molecule has 0 unspecified atom stereocenters. The van der Waals surface area contributed by atoms with E-state index in [1.54, 1.807) is 30.1 Å². The number of pyridine rings is 2. The van der Waals surface area contributed by atoms with Crippen LogP contribution in [0.1, 0.15) is 40.3 Å². The molecule has 1 saturated carbocycles. The van der Waals surface area contributed by atoms with Crippen molar-refractivity contribution in [1.82, 2.24) is 29.9 Å². The van der Waals surface area contributed by atoms with Crippen molar-refractivity contribution >= 4 is 22.4 Å². The number of methoxy groups -OCH3 is 1. The zero-order valence-corrected chi connectivity index (χ0v) is 20.0.